The molecule has 1 N–H and O–H groups in total. The predicted octanol–water partition coefficient (Wildman–Crippen LogP) is 2.64. The van der Waals surface area contributed by atoms with Crippen LogP contribution < -0.4 is 19.1 Å². The highest BCUT2D eigenvalue weighted by Gasteiger charge is 2.54. The van der Waals surface area contributed by atoms with Gasteiger partial charge in [0.15, 0.2) is 4.75 Å². The molecule has 1 aliphatic heterocycles. The maximum Gasteiger partial charge on any atom is 0.249 e. The molecular weight excluding hydrogens is 368 g/mol. The zero-order valence-electron chi connectivity index (χ0n) is 15.4. The second kappa shape index (κ2) is 7.11. The molecule has 1 aliphatic rings. The molecule has 2 aromatic rings. The molecule has 0 radical (unpaired) electrons. The monoisotopic (exact) mass is 390 g/mol. The Hall–Kier alpha value is -2.74. The standard InChI is InChI=1S/C19H22N2O5S/c1-19(11-12-21(27(19,23)24)14-7-5-4-6-8-14)18(22)20-16-10-9-15(25-2)13-17(16)26-3/h4-10,13H,11-12H2,1-3H3,(H,20,22). The number of sulfonamides is 1. The van der Waals surface area contributed by atoms with Gasteiger partial charge in [-0.2, -0.15) is 0 Å². The molecule has 1 unspecified atom stereocenters. The Labute approximate surface area is 158 Å². The normalized spacial score (nSPS) is 20.9. The summed E-state index contributed by atoms with van der Waals surface area (Å²) in [5.74, 6) is 0.366. The zero-order valence-corrected chi connectivity index (χ0v) is 16.2. The second-order valence-corrected chi connectivity index (χ2v) is 8.71. The molecule has 1 heterocycles. The van der Waals surface area contributed by atoms with Crippen molar-refractivity contribution in [1.82, 2.24) is 0 Å². The van der Waals surface area contributed by atoms with Crippen molar-refractivity contribution in [2.45, 2.75) is 18.1 Å². The number of para-hydroxylation sites is 1. The maximum atomic E-state index is 13.1. The van der Waals surface area contributed by atoms with E-state index in [2.05, 4.69) is 5.32 Å². The van der Waals surface area contributed by atoms with Crippen molar-refractivity contribution in [3.8, 4) is 11.5 Å². The van der Waals surface area contributed by atoms with Gasteiger partial charge in [-0.25, -0.2) is 8.42 Å². The van der Waals surface area contributed by atoms with Gasteiger partial charge in [-0.05, 0) is 37.6 Å². The Bertz CT molecular complexity index is 946. The van der Waals surface area contributed by atoms with Crippen molar-refractivity contribution in [2.24, 2.45) is 0 Å². The van der Waals surface area contributed by atoms with Gasteiger partial charge in [0.25, 0.3) is 0 Å². The molecule has 1 saturated heterocycles. The molecule has 8 heteroatoms. The largest absolute Gasteiger partial charge is 0.497 e. The van der Waals surface area contributed by atoms with E-state index in [1.807, 2.05) is 6.07 Å². The first-order valence-corrected chi connectivity index (χ1v) is 9.88. The summed E-state index contributed by atoms with van der Waals surface area (Å²) in [7, 11) is -0.883. The lowest BCUT2D eigenvalue weighted by Crippen LogP contribution is -2.47. The number of nitrogens with zero attached hydrogens (tertiary/aromatic N) is 1. The van der Waals surface area contributed by atoms with E-state index in [0.29, 0.717) is 22.9 Å². The smallest absolute Gasteiger partial charge is 0.249 e. The number of benzene rings is 2. The number of carbonyl (C=O) groups excluding carboxylic acids is 1. The number of carbonyl (C=O) groups is 1. The predicted molar refractivity (Wildman–Crippen MR) is 104 cm³/mol. The minimum absolute atomic E-state index is 0.189. The highest BCUT2D eigenvalue weighted by molar-refractivity contribution is 7.95. The number of nitrogens with one attached hydrogen (secondary N) is 1. The van der Waals surface area contributed by atoms with Crippen molar-refractivity contribution in [2.75, 3.05) is 30.4 Å². The fraction of sp³-hybridized carbons (Fsp3) is 0.316. The van der Waals surface area contributed by atoms with E-state index in [1.54, 1.807) is 42.5 Å². The molecule has 0 bridgehead atoms. The minimum Gasteiger partial charge on any atom is -0.497 e. The summed E-state index contributed by atoms with van der Waals surface area (Å²) in [6.45, 7) is 1.70. The summed E-state index contributed by atoms with van der Waals surface area (Å²) in [6, 6.07) is 13.7. The van der Waals surface area contributed by atoms with Crippen LogP contribution in [0.25, 0.3) is 0 Å². The Morgan fingerprint density at radius 3 is 2.44 bits per heavy atom. The van der Waals surface area contributed by atoms with Crippen LogP contribution in [0.15, 0.2) is 48.5 Å². The topological polar surface area (TPSA) is 84.9 Å². The third-order valence-electron chi connectivity index (χ3n) is 4.83. The van der Waals surface area contributed by atoms with Crippen molar-refractivity contribution in [3.05, 3.63) is 48.5 Å². The first-order valence-electron chi connectivity index (χ1n) is 8.44. The van der Waals surface area contributed by atoms with Crippen LogP contribution >= 0.6 is 0 Å². The van der Waals surface area contributed by atoms with Crippen molar-refractivity contribution in [1.29, 1.82) is 0 Å². The van der Waals surface area contributed by atoms with E-state index in [4.69, 9.17) is 9.47 Å². The van der Waals surface area contributed by atoms with Gasteiger partial charge in [0.05, 0.1) is 25.6 Å². The summed E-state index contributed by atoms with van der Waals surface area (Å²) in [5, 5.41) is 2.70. The van der Waals surface area contributed by atoms with Gasteiger partial charge in [-0.3, -0.25) is 9.10 Å². The lowest BCUT2D eigenvalue weighted by atomic mass is 10.1. The zero-order chi connectivity index (χ0) is 19.7. The number of rotatable bonds is 5. The van der Waals surface area contributed by atoms with Gasteiger partial charge in [-0.1, -0.05) is 18.2 Å². The Kier molecular flexibility index (Phi) is 5.01. The third-order valence-corrected chi connectivity index (χ3v) is 7.33. The summed E-state index contributed by atoms with van der Waals surface area (Å²) in [6.07, 6.45) is 0.189. The molecule has 0 aromatic heterocycles. The molecule has 0 spiro atoms. The number of methoxy groups -OCH3 is 2. The van der Waals surface area contributed by atoms with Gasteiger partial charge in [-0.15, -0.1) is 0 Å². The Morgan fingerprint density at radius 2 is 1.81 bits per heavy atom. The number of anilines is 2. The average molecular weight is 390 g/mol. The molecule has 1 fully saturated rings. The van der Waals surface area contributed by atoms with Gasteiger partial charge in [0.2, 0.25) is 15.9 Å². The summed E-state index contributed by atoms with van der Waals surface area (Å²) >= 11 is 0. The molecular formula is C19H22N2O5S. The van der Waals surface area contributed by atoms with Crippen molar-refractivity contribution >= 4 is 27.3 Å². The van der Waals surface area contributed by atoms with E-state index in [0.717, 1.165) is 0 Å². The fourth-order valence-corrected chi connectivity index (χ4v) is 4.91. The van der Waals surface area contributed by atoms with Crippen LogP contribution in [0, 0.1) is 0 Å². The van der Waals surface area contributed by atoms with Crippen LogP contribution in [0.4, 0.5) is 11.4 Å². The molecule has 27 heavy (non-hydrogen) atoms. The summed E-state index contributed by atoms with van der Waals surface area (Å²) in [4.78, 5) is 12.9. The molecule has 7 nitrogen and oxygen atoms in total. The lowest BCUT2D eigenvalue weighted by Gasteiger charge is -2.25. The number of hydrogen-bond donors (Lipinski definition) is 1. The molecule has 0 saturated carbocycles. The van der Waals surface area contributed by atoms with E-state index in [9.17, 15) is 13.2 Å². The third kappa shape index (κ3) is 3.21. The second-order valence-electron chi connectivity index (χ2n) is 6.41. The van der Waals surface area contributed by atoms with E-state index >= 15 is 0 Å². The van der Waals surface area contributed by atoms with Gasteiger partial charge in [0, 0.05) is 12.6 Å². The minimum atomic E-state index is -3.88. The molecule has 0 aliphatic carbocycles. The fourth-order valence-electron chi connectivity index (χ4n) is 3.06. The molecule has 1 amide bonds. The van der Waals surface area contributed by atoms with Crippen LogP contribution in [0.1, 0.15) is 13.3 Å². The summed E-state index contributed by atoms with van der Waals surface area (Å²) < 4.78 is 36.4. The van der Waals surface area contributed by atoms with E-state index in [1.165, 1.54) is 25.4 Å². The van der Waals surface area contributed by atoms with Crippen LogP contribution in [-0.4, -0.2) is 39.8 Å². The molecule has 3 rings (SSSR count). The molecule has 144 valence electrons. The highest BCUT2D eigenvalue weighted by atomic mass is 32.2. The quantitative estimate of drug-likeness (QED) is 0.848. The Morgan fingerprint density at radius 1 is 1.11 bits per heavy atom. The molecule has 1 atom stereocenters. The summed E-state index contributed by atoms with van der Waals surface area (Å²) in [5.41, 5.74) is 0.939. The van der Waals surface area contributed by atoms with Gasteiger partial charge in [0.1, 0.15) is 11.5 Å². The number of ether oxygens (including phenoxy) is 2. The maximum absolute atomic E-state index is 13.1. The SMILES string of the molecule is COc1ccc(NC(=O)C2(C)CCN(c3ccccc3)S2(=O)=O)c(OC)c1. The Balaban J connectivity index is 1.89. The first kappa shape index (κ1) is 19.0. The van der Waals surface area contributed by atoms with Crippen molar-refractivity contribution < 1.29 is 22.7 Å². The average Bonchev–Trinajstić information content (AvgIpc) is 2.93. The molecule has 2 aromatic carbocycles. The van der Waals surface area contributed by atoms with Gasteiger partial charge >= 0.3 is 0 Å². The van der Waals surface area contributed by atoms with Crippen molar-refractivity contribution in [3.63, 3.8) is 0 Å². The van der Waals surface area contributed by atoms with Crippen LogP contribution in [0.2, 0.25) is 0 Å². The van der Waals surface area contributed by atoms with Crippen LogP contribution in [0.3, 0.4) is 0 Å². The van der Waals surface area contributed by atoms with E-state index < -0.39 is 20.7 Å². The highest BCUT2D eigenvalue weighted by Crippen LogP contribution is 2.38. The first-order chi connectivity index (χ1) is 12.8. The van der Waals surface area contributed by atoms with E-state index in [-0.39, 0.29) is 13.0 Å². The lowest BCUT2D eigenvalue weighted by molar-refractivity contribution is -0.118. The van der Waals surface area contributed by atoms with Crippen LogP contribution in [0.5, 0.6) is 11.5 Å². The van der Waals surface area contributed by atoms with Gasteiger partial charge < -0.3 is 14.8 Å². The van der Waals surface area contributed by atoms with Crippen LogP contribution in [-0.2, 0) is 14.8 Å². The number of amides is 1. The number of hydrogen-bond acceptors (Lipinski definition) is 5.